The molecule has 1 saturated heterocycles. The van der Waals surface area contributed by atoms with Gasteiger partial charge in [0.1, 0.15) is 11.5 Å². The normalized spacial score (nSPS) is 17.6. The van der Waals surface area contributed by atoms with Crippen LogP contribution in [0.3, 0.4) is 0 Å². The Morgan fingerprint density at radius 3 is 2.24 bits per heavy atom. The number of benzene rings is 3. The van der Waals surface area contributed by atoms with Gasteiger partial charge in [0.2, 0.25) is 0 Å². The number of carbonyl (C=O) groups is 2. The van der Waals surface area contributed by atoms with Crippen LogP contribution < -0.4 is 9.64 Å². The molecule has 1 aliphatic rings. The van der Waals surface area contributed by atoms with E-state index in [-0.39, 0.29) is 11.3 Å². The standard InChI is InChI=1S/C28H27NO4/c1-17(2)19-11-13-21(14-12-19)29-25(20-8-6-5-7-9-20)24(27(31)28(29)32)26(30)22-16-18(3)10-15-23(22)33-4/h5-17,25,30H,1-4H3/b26-24+. The van der Waals surface area contributed by atoms with Crippen LogP contribution in [0.4, 0.5) is 5.69 Å². The summed E-state index contributed by atoms with van der Waals surface area (Å²) in [6.07, 6.45) is 0. The molecule has 1 unspecified atom stereocenters. The van der Waals surface area contributed by atoms with Gasteiger partial charge >= 0.3 is 0 Å². The van der Waals surface area contributed by atoms with Crippen molar-refractivity contribution in [2.75, 3.05) is 12.0 Å². The van der Waals surface area contributed by atoms with Gasteiger partial charge in [-0.05, 0) is 48.2 Å². The Morgan fingerprint density at radius 1 is 0.970 bits per heavy atom. The monoisotopic (exact) mass is 441 g/mol. The van der Waals surface area contributed by atoms with Crippen LogP contribution in [-0.4, -0.2) is 23.9 Å². The van der Waals surface area contributed by atoms with Gasteiger partial charge in [-0.25, -0.2) is 0 Å². The first-order valence-corrected chi connectivity index (χ1v) is 10.9. The highest BCUT2D eigenvalue weighted by molar-refractivity contribution is 6.51. The van der Waals surface area contributed by atoms with E-state index in [1.54, 1.807) is 12.1 Å². The first kappa shape index (κ1) is 22.3. The zero-order valence-electron chi connectivity index (χ0n) is 19.2. The van der Waals surface area contributed by atoms with Gasteiger partial charge in [0, 0.05) is 5.69 Å². The number of amides is 1. The van der Waals surface area contributed by atoms with Crippen molar-refractivity contribution in [3.05, 3.63) is 101 Å². The Kier molecular flexibility index (Phi) is 6.05. The van der Waals surface area contributed by atoms with E-state index in [1.807, 2.05) is 67.6 Å². The van der Waals surface area contributed by atoms with Crippen LogP contribution in [0.2, 0.25) is 0 Å². The summed E-state index contributed by atoms with van der Waals surface area (Å²) in [6.45, 7) is 6.08. The summed E-state index contributed by atoms with van der Waals surface area (Å²) in [7, 11) is 1.50. The molecular weight excluding hydrogens is 414 g/mol. The van der Waals surface area contributed by atoms with Gasteiger partial charge in [0.25, 0.3) is 11.7 Å². The molecule has 0 saturated carbocycles. The van der Waals surface area contributed by atoms with E-state index < -0.39 is 17.7 Å². The van der Waals surface area contributed by atoms with Gasteiger partial charge in [0.15, 0.2) is 0 Å². The molecule has 1 atom stereocenters. The summed E-state index contributed by atoms with van der Waals surface area (Å²) in [5.74, 6) is -0.873. The lowest BCUT2D eigenvalue weighted by molar-refractivity contribution is -0.132. The lowest BCUT2D eigenvalue weighted by atomic mass is 9.94. The minimum absolute atomic E-state index is 0.0445. The molecular formula is C28H27NO4. The Labute approximate surface area is 193 Å². The average Bonchev–Trinajstić information content (AvgIpc) is 3.09. The Morgan fingerprint density at radius 2 is 1.64 bits per heavy atom. The number of carbonyl (C=O) groups excluding carboxylic acids is 2. The second-order valence-corrected chi connectivity index (χ2v) is 8.53. The smallest absolute Gasteiger partial charge is 0.300 e. The van der Waals surface area contributed by atoms with Crippen LogP contribution in [0.1, 0.15) is 48.1 Å². The molecule has 0 aromatic heterocycles. The molecule has 0 aliphatic carbocycles. The predicted octanol–water partition coefficient (Wildman–Crippen LogP) is 5.75. The number of methoxy groups -OCH3 is 1. The van der Waals surface area contributed by atoms with E-state index in [4.69, 9.17) is 4.74 Å². The van der Waals surface area contributed by atoms with Gasteiger partial charge in [-0.1, -0.05) is 67.9 Å². The molecule has 5 heteroatoms. The highest BCUT2D eigenvalue weighted by atomic mass is 16.5. The largest absolute Gasteiger partial charge is 0.507 e. The molecule has 1 heterocycles. The summed E-state index contributed by atoms with van der Waals surface area (Å²) >= 11 is 0. The number of Topliss-reactive ketones (excluding diaryl/α,β-unsaturated/α-hetero) is 1. The number of rotatable bonds is 5. The van der Waals surface area contributed by atoms with Crippen LogP contribution in [-0.2, 0) is 9.59 Å². The third-order valence-corrected chi connectivity index (χ3v) is 6.01. The molecule has 3 aromatic carbocycles. The summed E-state index contributed by atoms with van der Waals surface area (Å²) < 4.78 is 5.43. The van der Waals surface area contributed by atoms with Crippen LogP contribution in [0.25, 0.3) is 5.76 Å². The third-order valence-electron chi connectivity index (χ3n) is 6.01. The van der Waals surface area contributed by atoms with Gasteiger partial charge in [-0.2, -0.15) is 0 Å². The Hall–Kier alpha value is -3.86. The molecule has 1 amide bonds. The highest BCUT2D eigenvalue weighted by Crippen LogP contribution is 2.43. The Balaban J connectivity index is 1.94. The molecule has 5 nitrogen and oxygen atoms in total. The number of aliphatic hydroxyl groups excluding tert-OH is 1. The number of hydrogen-bond donors (Lipinski definition) is 1. The zero-order valence-corrected chi connectivity index (χ0v) is 19.2. The quantitative estimate of drug-likeness (QED) is 0.311. The third kappa shape index (κ3) is 4.02. The molecule has 0 radical (unpaired) electrons. The molecule has 0 spiro atoms. The summed E-state index contributed by atoms with van der Waals surface area (Å²) in [6, 6.07) is 21.5. The highest BCUT2D eigenvalue weighted by Gasteiger charge is 2.47. The van der Waals surface area contributed by atoms with Gasteiger partial charge in [0.05, 0.1) is 24.3 Å². The summed E-state index contributed by atoms with van der Waals surface area (Å²) in [4.78, 5) is 28.0. The van der Waals surface area contributed by atoms with E-state index >= 15 is 0 Å². The van der Waals surface area contributed by atoms with Gasteiger partial charge in [-0.3, -0.25) is 14.5 Å². The predicted molar refractivity (Wildman–Crippen MR) is 129 cm³/mol. The van der Waals surface area contributed by atoms with Crippen molar-refractivity contribution in [3.8, 4) is 5.75 Å². The molecule has 1 aliphatic heterocycles. The number of nitrogens with zero attached hydrogens (tertiary/aromatic N) is 1. The maximum atomic E-state index is 13.3. The number of ketones is 1. The van der Waals surface area contributed by atoms with Gasteiger partial charge in [-0.15, -0.1) is 0 Å². The summed E-state index contributed by atoms with van der Waals surface area (Å²) in [5.41, 5.74) is 3.79. The fraction of sp³-hybridized carbons (Fsp3) is 0.214. The first-order valence-electron chi connectivity index (χ1n) is 10.9. The van der Waals surface area contributed by atoms with E-state index in [0.717, 1.165) is 16.7 Å². The van der Waals surface area contributed by atoms with E-state index in [1.165, 1.54) is 12.0 Å². The number of aliphatic hydroxyl groups is 1. The van der Waals surface area contributed by atoms with Crippen molar-refractivity contribution in [2.24, 2.45) is 0 Å². The van der Waals surface area contributed by atoms with Gasteiger partial charge < -0.3 is 9.84 Å². The Bertz CT molecular complexity index is 1230. The lowest BCUT2D eigenvalue weighted by Gasteiger charge is -2.26. The fourth-order valence-corrected chi connectivity index (χ4v) is 4.22. The molecule has 4 rings (SSSR count). The molecule has 1 N–H and O–H groups in total. The molecule has 3 aromatic rings. The number of ether oxygens (including phenoxy) is 1. The number of anilines is 1. The summed E-state index contributed by atoms with van der Waals surface area (Å²) in [5, 5.41) is 11.4. The van der Waals surface area contributed by atoms with Crippen LogP contribution in [0.15, 0.2) is 78.4 Å². The van der Waals surface area contributed by atoms with Crippen LogP contribution in [0.5, 0.6) is 5.75 Å². The fourth-order valence-electron chi connectivity index (χ4n) is 4.22. The number of hydrogen-bond acceptors (Lipinski definition) is 4. The maximum Gasteiger partial charge on any atom is 0.300 e. The molecule has 168 valence electrons. The minimum atomic E-state index is -0.763. The average molecular weight is 442 g/mol. The van der Waals surface area contributed by atoms with Crippen LogP contribution >= 0.6 is 0 Å². The first-order chi connectivity index (χ1) is 15.8. The zero-order chi connectivity index (χ0) is 23.7. The molecule has 33 heavy (non-hydrogen) atoms. The van der Waals surface area contributed by atoms with Crippen molar-refractivity contribution in [2.45, 2.75) is 32.7 Å². The van der Waals surface area contributed by atoms with E-state index in [2.05, 4.69) is 13.8 Å². The number of aryl methyl sites for hydroxylation is 1. The van der Waals surface area contributed by atoms with Crippen molar-refractivity contribution in [1.82, 2.24) is 0 Å². The van der Waals surface area contributed by atoms with Crippen molar-refractivity contribution in [3.63, 3.8) is 0 Å². The molecule has 1 fully saturated rings. The van der Waals surface area contributed by atoms with E-state index in [0.29, 0.717) is 22.9 Å². The molecule has 0 bridgehead atoms. The topological polar surface area (TPSA) is 66.8 Å². The van der Waals surface area contributed by atoms with Crippen molar-refractivity contribution in [1.29, 1.82) is 0 Å². The minimum Gasteiger partial charge on any atom is -0.507 e. The van der Waals surface area contributed by atoms with E-state index in [9.17, 15) is 14.7 Å². The SMILES string of the molecule is COc1ccc(C)cc1/C(O)=C1\C(=O)C(=O)N(c2ccc(C(C)C)cc2)C1c1ccccc1. The van der Waals surface area contributed by atoms with Crippen molar-refractivity contribution < 1.29 is 19.4 Å². The second kappa shape index (κ2) is 8.94. The van der Waals surface area contributed by atoms with Crippen molar-refractivity contribution >= 4 is 23.1 Å². The lowest BCUT2D eigenvalue weighted by Crippen LogP contribution is -2.29. The van der Waals surface area contributed by atoms with Crippen LogP contribution in [0, 0.1) is 6.92 Å². The maximum absolute atomic E-state index is 13.3. The second-order valence-electron chi connectivity index (χ2n) is 8.53.